The molecule has 4 aromatic rings. The molecular formula is C22H29N8O13P. The maximum Gasteiger partial charge on any atom is 0.351 e. The summed E-state index contributed by atoms with van der Waals surface area (Å²) >= 11 is 0. The molecule has 2 aliphatic heterocycles. The summed E-state index contributed by atoms with van der Waals surface area (Å²) in [6.45, 7) is -0.427. The van der Waals surface area contributed by atoms with E-state index in [1.807, 2.05) is 0 Å². The summed E-state index contributed by atoms with van der Waals surface area (Å²) in [6.07, 6.45) is -8.45. The Morgan fingerprint density at radius 2 is 1.32 bits per heavy atom. The number of aromatic amines is 2. The number of fused-ring (bicyclic) bond motifs is 2. The van der Waals surface area contributed by atoms with Gasteiger partial charge in [-0.1, -0.05) is 0 Å². The van der Waals surface area contributed by atoms with E-state index in [-0.39, 0.29) is 28.2 Å². The number of anilines is 2. The highest BCUT2D eigenvalue weighted by Crippen LogP contribution is 2.38. The highest BCUT2D eigenvalue weighted by Gasteiger charge is 2.46. The van der Waals surface area contributed by atoms with Crippen LogP contribution in [-0.4, -0.2) is 114 Å². The molecule has 0 amide bonds. The van der Waals surface area contributed by atoms with Gasteiger partial charge in [0.05, 0.1) is 30.3 Å². The molecule has 21 nitrogen and oxygen atoms in total. The van der Waals surface area contributed by atoms with Crippen LogP contribution in [0.5, 0.6) is 0 Å². The van der Waals surface area contributed by atoms with Crippen molar-refractivity contribution in [1.29, 1.82) is 0 Å². The summed E-state index contributed by atoms with van der Waals surface area (Å²) in [4.78, 5) is 53.7. The van der Waals surface area contributed by atoms with E-state index in [2.05, 4.69) is 19.9 Å². The number of H-pyrrole nitrogens is 2. The lowest BCUT2D eigenvalue weighted by atomic mass is 10.1. The molecule has 0 radical (unpaired) electrons. The van der Waals surface area contributed by atoms with Crippen LogP contribution in [-0.2, 0) is 18.8 Å². The fourth-order valence-corrected chi connectivity index (χ4v) is 5.15. The molecule has 0 bridgehead atoms. The number of rotatable bonds is 6. The monoisotopic (exact) mass is 644 g/mol. The largest absolute Gasteiger partial charge is 0.394 e. The van der Waals surface area contributed by atoms with Crippen LogP contribution in [0.1, 0.15) is 12.5 Å². The normalized spacial score (nSPS) is 28.9. The van der Waals surface area contributed by atoms with Gasteiger partial charge in [-0.05, 0) is 0 Å². The Morgan fingerprint density at radius 3 is 1.77 bits per heavy atom. The van der Waals surface area contributed by atoms with E-state index in [9.17, 15) is 34.6 Å². The van der Waals surface area contributed by atoms with Crippen LogP contribution in [0.3, 0.4) is 0 Å². The van der Waals surface area contributed by atoms with E-state index in [0.717, 1.165) is 0 Å². The highest BCUT2D eigenvalue weighted by molar-refractivity contribution is 7.51. The topological polar surface area (TPSA) is 340 Å². The van der Waals surface area contributed by atoms with Crippen molar-refractivity contribution in [2.75, 3.05) is 24.4 Å². The molecule has 22 heteroatoms. The number of aliphatic hydroxyl groups excluding tert-OH is 5. The van der Waals surface area contributed by atoms with Gasteiger partial charge in [-0.25, -0.2) is 9.97 Å². The van der Waals surface area contributed by atoms with Crippen LogP contribution in [0.25, 0.3) is 22.1 Å². The van der Waals surface area contributed by atoms with Gasteiger partial charge in [0.15, 0.2) is 36.1 Å². The lowest BCUT2D eigenvalue weighted by molar-refractivity contribution is -0.167. The van der Waals surface area contributed by atoms with Crippen LogP contribution in [0.2, 0.25) is 0 Å². The number of nitrogens with two attached hydrogens (primary N) is 2. The molecule has 2 saturated heterocycles. The zero-order chi connectivity index (χ0) is 32.1. The second-order valence-electron chi connectivity index (χ2n) is 9.94. The number of nitrogens with one attached hydrogen (secondary N) is 2. The van der Waals surface area contributed by atoms with Crippen molar-refractivity contribution in [2.45, 2.75) is 49.3 Å². The average molecular weight is 644 g/mol. The molecule has 44 heavy (non-hydrogen) atoms. The van der Waals surface area contributed by atoms with Gasteiger partial charge in [0.1, 0.15) is 42.2 Å². The zero-order valence-electron chi connectivity index (χ0n) is 22.3. The average Bonchev–Trinajstić information content (AvgIpc) is 3.69. The molecule has 240 valence electrons. The Kier molecular flexibility index (Phi) is 8.63. The molecule has 0 aromatic carbocycles. The summed E-state index contributed by atoms with van der Waals surface area (Å²) in [5.41, 5.74) is 11.0. The number of hydrogen-bond donors (Lipinski definition) is 11. The fourth-order valence-electron chi connectivity index (χ4n) is 4.81. The van der Waals surface area contributed by atoms with Gasteiger partial charge in [-0.3, -0.25) is 14.2 Å². The van der Waals surface area contributed by atoms with Crippen LogP contribution in [0.15, 0.2) is 34.4 Å². The van der Waals surface area contributed by atoms with Crippen LogP contribution >= 0.6 is 7.60 Å². The Labute approximate surface area is 244 Å². The molecule has 0 spiro atoms. The number of pyridine rings is 2. The molecule has 13 N–H and O–H groups in total. The molecule has 0 aliphatic carbocycles. The third-order valence-corrected chi connectivity index (χ3v) is 7.35. The van der Waals surface area contributed by atoms with Crippen molar-refractivity contribution < 1.29 is 54.1 Å². The maximum absolute atomic E-state index is 11.8. The van der Waals surface area contributed by atoms with E-state index in [0.29, 0.717) is 5.52 Å². The number of nitrogens with zero attached hydrogens (tertiary/aromatic N) is 4. The van der Waals surface area contributed by atoms with Crippen LogP contribution in [0.4, 0.5) is 11.6 Å². The molecule has 2 unspecified atom stereocenters. The molecular weight excluding hydrogens is 615 g/mol. The quantitative estimate of drug-likeness (QED) is 0.0889. The number of ether oxygens (including phenoxy) is 3. The number of hydrogen-bond acceptors (Lipinski definition) is 15. The number of nitrogen functional groups attached to an aromatic ring is 2. The Bertz CT molecular complexity index is 1820. The van der Waals surface area contributed by atoms with Crippen molar-refractivity contribution in [3.63, 3.8) is 0 Å². The second kappa shape index (κ2) is 12.0. The minimum absolute atomic E-state index is 0.0501. The van der Waals surface area contributed by atoms with Crippen molar-refractivity contribution in [2.24, 2.45) is 0 Å². The second-order valence-corrected chi connectivity index (χ2v) is 11.5. The van der Waals surface area contributed by atoms with Gasteiger partial charge in [0.2, 0.25) is 0 Å². The first-order valence-electron chi connectivity index (χ1n) is 12.7. The van der Waals surface area contributed by atoms with Crippen molar-refractivity contribution in [3.8, 4) is 0 Å². The van der Waals surface area contributed by atoms with Crippen molar-refractivity contribution >= 4 is 41.3 Å². The SMILES string of the molecule is Nc1cc2c(ncn2[C@@H]2O[C@H](CO)C(O)[C@@H]2O)c(=O)[nH]1.Nc1cc2c(ncn2[C@@H]2O[C@H](OCP(=O)(O)O)C(O)[C@@H]2O)c(=O)[nH]1. The summed E-state index contributed by atoms with van der Waals surface area (Å²) in [7, 11) is -4.47. The van der Waals surface area contributed by atoms with Gasteiger partial charge in [0, 0.05) is 12.1 Å². The third kappa shape index (κ3) is 5.98. The number of aromatic nitrogens is 6. The summed E-state index contributed by atoms with van der Waals surface area (Å²) < 4.78 is 29.0. The predicted octanol–water partition coefficient (Wildman–Crippen LogP) is -4.05. The molecule has 8 atom stereocenters. The molecule has 6 heterocycles. The summed E-state index contributed by atoms with van der Waals surface area (Å²) in [5, 5.41) is 48.8. The molecule has 0 saturated carbocycles. The van der Waals surface area contributed by atoms with Gasteiger partial charge in [-0.2, -0.15) is 0 Å². The molecule has 6 rings (SSSR count). The third-order valence-electron chi connectivity index (χ3n) is 6.86. The summed E-state index contributed by atoms with van der Waals surface area (Å²) in [5.74, 6) is 0.215. The van der Waals surface area contributed by atoms with E-state index in [1.54, 1.807) is 0 Å². The smallest absolute Gasteiger partial charge is 0.351 e. The first-order valence-corrected chi connectivity index (χ1v) is 14.5. The van der Waals surface area contributed by atoms with Crippen molar-refractivity contribution in [3.05, 3.63) is 45.5 Å². The Hall–Kier alpha value is -3.73. The Balaban J connectivity index is 0.000000177. The molecule has 4 aromatic heterocycles. The molecule has 2 aliphatic rings. The van der Waals surface area contributed by atoms with Gasteiger partial charge < -0.3 is 80.1 Å². The van der Waals surface area contributed by atoms with Gasteiger partial charge in [0.25, 0.3) is 11.1 Å². The first-order chi connectivity index (χ1) is 20.7. The maximum atomic E-state index is 11.8. The number of aliphatic hydroxyl groups is 5. The minimum atomic E-state index is -4.47. The standard InChI is InChI=1S/C11H15N4O8P.C11H14N4O5/c12-5-1-4-6(9(18)14-5)13-2-15(4)10-7(16)8(17)11(23-10)22-3-24(19,20)21;12-6-1-4-7(10(19)14-6)13-3-15(4)11-9(18)8(17)5(2-16)20-11/h1-2,7-8,10-11,16-17H,3H2,(H3,12,14,18)(H2,19,20,21);1,3,5,8-9,11,16-18H,2H2,(H3,12,14,19)/t7-,8?,10+,11-;5-,8?,9+,11-/m01/s1. The Morgan fingerprint density at radius 1 is 0.841 bits per heavy atom. The van der Waals surface area contributed by atoms with Crippen LogP contribution in [0, 0.1) is 0 Å². The van der Waals surface area contributed by atoms with Crippen LogP contribution < -0.4 is 22.6 Å². The lowest BCUT2D eigenvalue weighted by Crippen LogP contribution is -2.33. The lowest BCUT2D eigenvalue weighted by Gasteiger charge is -2.17. The minimum Gasteiger partial charge on any atom is -0.394 e. The first kappa shape index (κ1) is 31.7. The van der Waals surface area contributed by atoms with Gasteiger partial charge >= 0.3 is 7.60 Å². The predicted molar refractivity (Wildman–Crippen MR) is 146 cm³/mol. The van der Waals surface area contributed by atoms with E-state index >= 15 is 0 Å². The highest BCUT2D eigenvalue weighted by atomic mass is 31.2. The zero-order valence-corrected chi connectivity index (χ0v) is 23.2. The molecule has 2 fully saturated rings. The van der Waals surface area contributed by atoms with E-state index in [4.69, 9.17) is 40.6 Å². The van der Waals surface area contributed by atoms with Gasteiger partial charge in [-0.15, -0.1) is 0 Å². The summed E-state index contributed by atoms with van der Waals surface area (Å²) in [6, 6.07) is 2.88. The van der Waals surface area contributed by atoms with Crippen molar-refractivity contribution in [1.82, 2.24) is 29.1 Å². The number of imidazole rings is 2. The van der Waals surface area contributed by atoms with E-state index in [1.165, 1.54) is 33.9 Å². The fraction of sp³-hybridized carbons (Fsp3) is 0.455. The van der Waals surface area contributed by atoms with E-state index < -0.39 is 80.9 Å².